The molecular formula is C11H19N. The van der Waals surface area contributed by atoms with Gasteiger partial charge in [0.2, 0.25) is 0 Å². The predicted molar refractivity (Wildman–Crippen MR) is 56.6 cm³/mol. The third kappa shape index (κ3) is 7.26. The summed E-state index contributed by atoms with van der Waals surface area (Å²) in [6.07, 6.45) is 7.59. The third-order valence-electron chi connectivity index (χ3n) is 1.58. The first kappa shape index (κ1) is 11.2. The fourth-order valence-corrected chi connectivity index (χ4v) is 0.831. The maximum Gasteiger partial charge on any atom is 0.0300 e. The predicted octanol–water partition coefficient (Wildman–Crippen LogP) is 3.73. The molecular weight excluding hydrogens is 146 g/mol. The molecule has 0 aromatic heterocycles. The molecule has 0 aliphatic heterocycles. The number of aliphatic imine (C=N–C) groups is 1. The van der Waals surface area contributed by atoms with Crippen molar-refractivity contribution >= 4 is 6.21 Å². The number of allylic oxidation sites excluding steroid dienone is 3. The van der Waals surface area contributed by atoms with Gasteiger partial charge in [-0.25, -0.2) is 0 Å². The van der Waals surface area contributed by atoms with Crippen LogP contribution in [-0.4, -0.2) is 6.21 Å². The molecule has 0 rings (SSSR count). The van der Waals surface area contributed by atoms with E-state index in [0.717, 1.165) is 5.70 Å². The van der Waals surface area contributed by atoms with E-state index in [1.165, 1.54) is 24.8 Å². The zero-order chi connectivity index (χ0) is 9.40. The minimum Gasteiger partial charge on any atom is -0.262 e. The van der Waals surface area contributed by atoms with Gasteiger partial charge in [0.05, 0.1) is 0 Å². The van der Waals surface area contributed by atoms with Crippen LogP contribution in [0.15, 0.2) is 28.9 Å². The molecule has 0 atom stereocenters. The van der Waals surface area contributed by atoms with Gasteiger partial charge in [0.25, 0.3) is 0 Å². The molecule has 0 aromatic carbocycles. The molecule has 0 fully saturated rings. The Morgan fingerprint density at radius 3 is 2.58 bits per heavy atom. The second kappa shape index (κ2) is 6.84. The van der Waals surface area contributed by atoms with Crippen molar-refractivity contribution in [2.75, 3.05) is 0 Å². The first-order chi connectivity index (χ1) is 5.66. The molecule has 0 amide bonds. The first-order valence-electron chi connectivity index (χ1n) is 4.52. The second-order valence-corrected chi connectivity index (χ2v) is 3.13. The van der Waals surface area contributed by atoms with E-state index in [9.17, 15) is 0 Å². The zero-order valence-corrected chi connectivity index (χ0v) is 8.43. The van der Waals surface area contributed by atoms with Crippen molar-refractivity contribution in [2.24, 2.45) is 4.99 Å². The first-order valence-corrected chi connectivity index (χ1v) is 4.52. The number of unbranched alkanes of at least 4 members (excludes halogenated alkanes) is 1. The lowest BCUT2D eigenvalue weighted by Gasteiger charge is -1.95. The van der Waals surface area contributed by atoms with Crippen LogP contribution in [0.3, 0.4) is 0 Å². The lowest BCUT2D eigenvalue weighted by Crippen LogP contribution is -1.78. The van der Waals surface area contributed by atoms with Crippen LogP contribution in [-0.2, 0) is 0 Å². The monoisotopic (exact) mass is 165 g/mol. The number of nitrogens with zero attached hydrogens (tertiary/aromatic N) is 1. The molecule has 0 spiro atoms. The molecule has 0 aliphatic rings. The quantitative estimate of drug-likeness (QED) is 0.550. The van der Waals surface area contributed by atoms with Gasteiger partial charge in [-0.1, -0.05) is 25.5 Å². The minimum atomic E-state index is 0.856. The van der Waals surface area contributed by atoms with Crippen molar-refractivity contribution in [2.45, 2.75) is 40.0 Å². The number of hydrogen-bond acceptors (Lipinski definition) is 1. The van der Waals surface area contributed by atoms with Crippen molar-refractivity contribution in [3.63, 3.8) is 0 Å². The highest BCUT2D eigenvalue weighted by atomic mass is 14.7. The average Bonchev–Trinajstić information content (AvgIpc) is 2.00. The van der Waals surface area contributed by atoms with Gasteiger partial charge in [-0.3, -0.25) is 4.99 Å². The normalized spacial score (nSPS) is 12.4. The van der Waals surface area contributed by atoms with Gasteiger partial charge in [0.15, 0.2) is 0 Å². The van der Waals surface area contributed by atoms with Gasteiger partial charge in [-0.2, -0.15) is 0 Å². The molecule has 0 aromatic rings. The van der Waals surface area contributed by atoms with Crippen molar-refractivity contribution < 1.29 is 0 Å². The molecule has 0 unspecified atom stereocenters. The summed E-state index contributed by atoms with van der Waals surface area (Å²) in [7, 11) is 0. The lowest BCUT2D eigenvalue weighted by molar-refractivity contribution is 0.788. The Hall–Kier alpha value is -0.850. The van der Waals surface area contributed by atoms with Gasteiger partial charge < -0.3 is 0 Å². The third-order valence-corrected chi connectivity index (χ3v) is 1.58. The van der Waals surface area contributed by atoms with Crippen LogP contribution >= 0.6 is 0 Å². The summed E-state index contributed by atoms with van der Waals surface area (Å²) < 4.78 is 0. The van der Waals surface area contributed by atoms with E-state index >= 15 is 0 Å². The highest BCUT2D eigenvalue weighted by Gasteiger charge is 1.86. The molecule has 0 saturated heterocycles. The summed E-state index contributed by atoms with van der Waals surface area (Å²) >= 11 is 0. The molecule has 12 heavy (non-hydrogen) atoms. The zero-order valence-electron chi connectivity index (χ0n) is 8.43. The molecule has 68 valence electrons. The van der Waals surface area contributed by atoms with Crippen LogP contribution < -0.4 is 0 Å². The van der Waals surface area contributed by atoms with Gasteiger partial charge >= 0.3 is 0 Å². The molecule has 1 nitrogen and oxygen atoms in total. The number of rotatable bonds is 5. The van der Waals surface area contributed by atoms with Crippen LogP contribution in [0, 0.1) is 0 Å². The van der Waals surface area contributed by atoms with E-state index in [0.29, 0.717) is 0 Å². The summed E-state index contributed by atoms with van der Waals surface area (Å²) in [6, 6.07) is 0. The van der Waals surface area contributed by atoms with Crippen LogP contribution in [0.2, 0.25) is 0 Å². The van der Waals surface area contributed by atoms with Crippen molar-refractivity contribution in [3.05, 3.63) is 23.9 Å². The Kier molecular flexibility index (Phi) is 6.35. The van der Waals surface area contributed by atoms with E-state index in [4.69, 9.17) is 0 Å². The maximum atomic E-state index is 4.08. The molecule has 0 bridgehead atoms. The van der Waals surface area contributed by atoms with E-state index in [-0.39, 0.29) is 0 Å². The molecule has 1 heteroatoms. The standard InChI is InChI=1S/C11H19N/c1-5-6-7-11(4)8-9-12-10(2)3/h8-9H,2,5-7H2,1,3-4H3/b11-8+,12-9?. The average molecular weight is 165 g/mol. The van der Waals surface area contributed by atoms with Crippen LogP contribution in [0.4, 0.5) is 0 Å². The fraction of sp³-hybridized carbons (Fsp3) is 0.545. The fourth-order valence-electron chi connectivity index (χ4n) is 0.831. The maximum absolute atomic E-state index is 4.08. The molecule has 0 N–H and O–H groups in total. The van der Waals surface area contributed by atoms with Gasteiger partial charge in [0.1, 0.15) is 0 Å². The van der Waals surface area contributed by atoms with E-state index in [2.05, 4.69) is 31.5 Å². The van der Waals surface area contributed by atoms with Crippen LogP contribution in [0.5, 0.6) is 0 Å². The van der Waals surface area contributed by atoms with Crippen LogP contribution in [0.1, 0.15) is 40.0 Å². The summed E-state index contributed by atoms with van der Waals surface area (Å²) in [5, 5.41) is 0. The highest BCUT2D eigenvalue weighted by Crippen LogP contribution is 2.04. The highest BCUT2D eigenvalue weighted by molar-refractivity contribution is 5.72. The molecule has 0 radical (unpaired) electrons. The van der Waals surface area contributed by atoms with Crippen LogP contribution in [0.25, 0.3) is 0 Å². The second-order valence-electron chi connectivity index (χ2n) is 3.13. The van der Waals surface area contributed by atoms with E-state index < -0.39 is 0 Å². The summed E-state index contributed by atoms with van der Waals surface area (Å²) in [6.45, 7) is 9.92. The largest absolute Gasteiger partial charge is 0.262 e. The lowest BCUT2D eigenvalue weighted by atomic mass is 10.1. The molecule has 0 saturated carbocycles. The Morgan fingerprint density at radius 2 is 2.08 bits per heavy atom. The Labute approximate surface area is 75.9 Å². The van der Waals surface area contributed by atoms with Crippen molar-refractivity contribution in [1.82, 2.24) is 0 Å². The van der Waals surface area contributed by atoms with E-state index in [1.807, 2.05) is 13.1 Å². The van der Waals surface area contributed by atoms with E-state index in [1.54, 1.807) is 0 Å². The molecule has 0 aliphatic carbocycles. The minimum absolute atomic E-state index is 0.856. The molecule has 0 heterocycles. The summed E-state index contributed by atoms with van der Waals surface area (Å²) in [5.41, 5.74) is 2.25. The van der Waals surface area contributed by atoms with Gasteiger partial charge in [0, 0.05) is 11.9 Å². The van der Waals surface area contributed by atoms with Gasteiger partial charge in [-0.05, 0) is 32.8 Å². The Bertz CT molecular complexity index is 187. The Morgan fingerprint density at radius 1 is 1.42 bits per heavy atom. The summed E-state index contributed by atoms with van der Waals surface area (Å²) in [5.74, 6) is 0. The Balaban J connectivity index is 3.75. The SMILES string of the molecule is C=C(C)N=C/C=C(\C)CCCC. The van der Waals surface area contributed by atoms with Gasteiger partial charge in [-0.15, -0.1) is 0 Å². The number of hydrogen-bond donors (Lipinski definition) is 0. The van der Waals surface area contributed by atoms with Crippen molar-refractivity contribution in [3.8, 4) is 0 Å². The topological polar surface area (TPSA) is 12.4 Å². The van der Waals surface area contributed by atoms with Crippen molar-refractivity contribution in [1.29, 1.82) is 0 Å². The summed E-state index contributed by atoms with van der Waals surface area (Å²) in [4.78, 5) is 4.08. The smallest absolute Gasteiger partial charge is 0.0300 e.